The molecule has 4 nitrogen and oxygen atoms in total. The van der Waals surface area contributed by atoms with E-state index in [1.54, 1.807) is 0 Å². The molecule has 22 heavy (non-hydrogen) atoms. The number of benzene rings is 1. The second-order valence-electron chi connectivity index (χ2n) is 5.87. The zero-order valence-electron chi connectivity index (χ0n) is 12.7. The van der Waals surface area contributed by atoms with Gasteiger partial charge in [-0.15, -0.1) is 0 Å². The molecule has 1 fully saturated rings. The van der Waals surface area contributed by atoms with E-state index in [0.717, 1.165) is 31.8 Å². The first kappa shape index (κ1) is 17.3. The number of nitrogens with one attached hydrogen (secondary N) is 1. The fourth-order valence-corrected chi connectivity index (χ4v) is 3.90. The number of rotatable bonds is 6. The molecule has 1 aromatic carbocycles. The van der Waals surface area contributed by atoms with Gasteiger partial charge in [0.15, 0.2) is 0 Å². The van der Waals surface area contributed by atoms with Gasteiger partial charge in [0.05, 0.1) is 0 Å². The summed E-state index contributed by atoms with van der Waals surface area (Å²) in [5, 5.41) is 0. The van der Waals surface area contributed by atoms with Gasteiger partial charge in [-0.25, -0.2) is 21.9 Å². The molecule has 7 heteroatoms. The van der Waals surface area contributed by atoms with Gasteiger partial charge in [0.2, 0.25) is 10.0 Å². The minimum absolute atomic E-state index is 0.240. The minimum Gasteiger partial charge on any atom is -0.303 e. The monoisotopic (exact) mass is 332 g/mol. The summed E-state index contributed by atoms with van der Waals surface area (Å²) in [6.07, 6.45) is 3.08. The van der Waals surface area contributed by atoms with Crippen molar-refractivity contribution >= 4 is 10.0 Å². The Bertz CT molecular complexity index is 608. The lowest BCUT2D eigenvalue weighted by Crippen LogP contribution is -2.36. The Morgan fingerprint density at radius 3 is 2.82 bits per heavy atom. The van der Waals surface area contributed by atoms with Crippen LogP contribution in [0.5, 0.6) is 0 Å². The first-order valence-corrected chi connectivity index (χ1v) is 9.04. The third-order valence-electron chi connectivity index (χ3n) is 3.87. The van der Waals surface area contributed by atoms with E-state index in [2.05, 4.69) is 16.5 Å². The third kappa shape index (κ3) is 4.72. The van der Waals surface area contributed by atoms with Crippen LogP contribution in [0.1, 0.15) is 26.2 Å². The van der Waals surface area contributed by atoms with Gasteiger partial charge in [0.25, 0.3) is 0 Å². The molecule has 1 aliphatic rings. The summed E-state index contributed by atoms with van der Waals surface area (Å²) < 4.78 is 52.7. The van der Waals surface area contributed by atoms with Crippen LogP contribution in [0.15, 0.2) is 23.1 Å². The van der Waals surface area contributed by atoms with Gasteiger partial charge in [0.1, 0.15) is 16.5 Å². The highest BCUT2D eigenvalue weighted by Crippen LogP contribution is 2.16. The normalized spacial score (nSPS) is 20.2. The predicted molar refractivity (Wildman–Crippen MR) is 81.0 cm³/mol. The molecule has 0 aromatic heterocycles. The lowest BCUT2D eigenvalue weighted by molar-refractivity contribution is 0.182. The maximum Gasteiger partial charge on any atom is 0.243 e. The van der Waals surface area contributed by atoms with Crippen LogP contribution in [-0.4, -0.2) is 39.5 Å². The lowest BCUT2D eigenvalue weighted by atomic mass is 10.0. The van der Waals surface area contributed by atoms with Crippen LogP contribution in [-0.2, 0) is 10.0 Å². The largest absolute Gasteiger partial charge is 0.303 e. The van der Waals surface area contributed by atoms with Gasteiger partial charge in [-0.3, -0.25) is 0 Å². The van der Waals surface area contributed by atoms with Gasteiger partial charge < -0.3 is 4.90 Å². The Labute approximate surface area is 130 Å². The van der Waals surface area contributed by atoms with Crippen molar-refractivity contribution in [3.8, 4) is 0 Å². The van der Waals surface area contributed by atoms with E-state index in [1.165, 1.54) is 12.8 Å². The van der Waals surface area contributed by atoms with Crippen molar-refractivity contribution in [2.45, 2.75) is 31.1 Å². The molecular weight excluding hydrogens is 310 g/mol. The predicted octanol–water partition coefficient (Wildman–Crippen LogP) is 2.37. The minimum atomic E-state index is -3.93. The topological polar surface area (TPSA) is 49.4 Å². The zero-order chi connectivity index (χ0) is 16.2. The highest BCUT2D eigenvalue weighted by Gasteiger charge is 2.20. The van der Waals surface area contributed by atoms with E-state index >= 15 is 0 Å². The van der Waals surface area contributed by atoms with Crippen molar-refractivity contribution in [2.24, 2.45) is 5.92 Å². The van der Waals surface area contributed by atoms with Gasteiger partial charge in [-0.2, -0.15) is 0 Å². The summed E-state index contributed by atoms with van der Waals surface area (Å²) in [6, 6.07) is 2.45. The first-order valence-electron chi connectivity index (χ1n) is 7.55. The van der Waals surface area contributed by atoms with E-state index in [0.29, 0.717) is 18.4 Å². The number of sulfonamides is 1. The van der Waals surface area contributed by atoms with Crippen molar-refractivity contribution in [1.82, 2.24) is 9.62 Å². The standard InChI is InChI=1S/C15H22F2N2O2S/c1-12-4-2-8-19(11-12)9-3-7-18-22(20,21)15-6-5-13(16)10-14(15)17/h5-6,10,12,18H,2-4,7-9,11H2,1H3/t12-/m1/s1. The molecule has 0 unspecified atom stereocenters. The Morgan fingerprint density at radius 1 is 1.36 bits per heavy atom. The van der Waals surface area contributed by atoms with Crippen molar-refractivity contribution in [3.63, 3.8) is 0 Å². The van der Waals surface area contributed by atoms with E-state index in [4.69, 9.17) is 0 Å². The molecule has 0 bridgehead atoms. The number of hydrogen-bond donors (Lipinski definition) is 1. The van der Waals surface area contributed by atoms with Crippen molar-refractivity contribution in [1.29, 1.82) is 0 Å². The van der Waals surface area contributed by atoms with Crippen molar-refractivity contribution in [2.75, 3.05) is 26.2 Å². The first-order chi connectivity index (χ1) is 10.4. The molecule has 0 saturated carbocycles. The van der Waals surface area contributed by atoms with Crippen LogP contribution in [0.3, 0.4) is 0 Å². The SMILES string of the molecule is C[C@@H]1CCCN(CCCNS(=O)(=O)c2ccc(F)cc2F)C1. The molecule has 1 atom stereocenters. The molecule has 124 valence electrons. The van der Waals surface area contributed by atoms with Crippen LogP contribution in [0, 0.1) is 17.6 Å². The van der Waals surface area contributed by atoms with Crippen molar-refractivity contribution in [3.05, 3.63) is 29.8 Å². The molecule has 1 N–H and O–H groups in total. The third-order valence-corrected chi connectivity index (χ3v) is 5.36. The van der Waals surface area contributed by atoms with Gasteiger partial charge in [-0.05, 0) is 50.4 Å². The van der Waals surface area contributed by atoms with Crippen LogP contribution in [0.4, 0.5) is 8.78 Å². The summed E-state index contributed by atoms with van der Waals surface area (Å²) >= 11 is 0. The molecule has 0 spiro atoms. The van der Waals surface area contributed by atoms with E-state index < -0.39 is 26.6 Å². The molecular formula is C15H22F2N2O2S. The van der Waals surface area contributed by atoms with Gasteiger partial charge in [-0.1, -0.05) is 6.92 Å². The highest BCUT2D eigenvalue weighted by molar-refractivity contribution is 7.89. The fourth-order valence-electron chi connectivity index (χ4n) is 2.77. The quantitative estimate of drug-likeness (QED) is 0.814. The Kier molecular flexibility index (Phi) is 5.88. The van der Waals surface area contributed by atoms with Crippen LogP contribution in [0.25, 0.3) is 0 Å². The summed E-state index contributed by atoms with van der Waals surface area (Å²) in [5.41, 5.74) is 0. The second-order valence-corrected chi connectivity index (χ2v) is 7.61. The Hall–Kier alpha value is -1.05. The van der Waals surface area contributed by atoms with Crippen LogP contribution < -0.4 is 4.72 Å². The van der Waals surface area contributed by atoms with Gasteiger partial charge >= 0.3 is 0 Å². The smallest absolute Gasteiger partial charge is 0.243 e. The molecule has 2 rings (SSSR count). The summed E-state index contributed by atoms with van der Waals surface area (Å²) in [5.74, 6) is -1.19. The molecule has 0 aliphatic carbocycles. The number of nitrogens with zero attached hydrogens (tertiary/aromatic N) is 1. The maximum atomic E-state index is 13.5. The molecule has 1 aromatic rings. The van der Waals surface area contributed by atoms with E-state index in [-0.39, 0.29) is 6.54 Å². The zero-order valence-corrected chi connectivity index (χ0v) is 13.5. The van der Waals surface area contributed by atoms with Crippen LogP contribution in [0.2, 0.25) is 0 Å². The summed E-state index contributed by atoms with van der Waals surface area (Å²) in [6.45, 7) is 5.36. The second kappa shape index (κ2) is 7.48. The summed E-state index contributed by atoms with van der Waals surface area (Å²) in [4.78, 5) is 1.81. The van der Waals surface area contributed by atoms with Gasteiger partial charge in [0, 0.05) is 19.2 Å². The van der Waals surface area contributed by atoms with E-state index in [9.17, 15) is 17.2 Å². The molecule has 1 saturated heterocycles. The van der Waals surface area contributed by atoms with Crippen LogP contribution >= 0.6 is 0 Å². The van der Waals surface area contributed by atoms with Crippen molar-refractivity contribution < 1.29 is 17.2 Å². The van der Waals surface area contributed by atoms with E-state index in [1.807, 2.05) is 0 Å². The Morgan fingerprint density at radius 2 is 2.14 bits per heavy atom. The number of piperidine rings is 1. The average molecular weight is 332 g/mol. The maximum absolute atomic E-state index is 13.5. The number of halogens is 2. The Balaban J connectivity index is 1.82. The molecule has 0 radical (unpaired) electrons. The average Bonchev–Trinajstić information content (AvgIpc) is 2.43. The number of likely N-dealkylation sites (tertiary alicyclic amines) is 1. The molecule has 0 amide bonds. The lowest BCUT2D eigenvalue weighted by Gasteiger charge is -2.30. The molecule has 1 heterocycles. The highest BCUT2D eigenvalue weighted by atomic mass is 32.2. The molecule has 1 aliphatic heterocycles. The number of hydrogen-bond acceptors (Lipinski definition) is 3. The summed E-state index contributed by atoms with van der Waals surface area (Å²) in [7, 11) is -3.93. The fraction of sp³-hybridized carbons (Fsp3) is 0.600.